The normalized spacial score (nSPS) is 12.8. The first-order valence-corrected chi connectivity index (χ1v) is 11.5. The van der Waals surface area contributed by atoms with Crippen LogP contribution in [0.3, 0.4) is 0 Å². The van der Waals surface area contributed by atoms with Gasteiger partial charge in [0, 0.05) is 34.6 Å². The SMILES string of the molecule is CC(=O)c1c(C)nn(CC(O)Cn2c3ccc(I)cc3c3cc(I)ccc32)c1C. The first kappa shape index (κ1) is 20.8. The molecule has 7 heteroatoms. The van der Waals surface area contributed by atoms with Crippen molar-refractivity contribution < 1.29 is 9.90 Å². The first-order valence-electron chi connectivity index (χ1n) is 9.36. The smallest absolute Gasteiger partial charge is 0.163 e. The fourth-order valence-electron chi connectivity index (χ4n) is 4.10. The van der Waals surface area contributed by atoms with Crippen LogP contribution in [0, 0.1) is 21.0 Å². The molecular formula is C22H21I2N3O2. The molecule has 2 aromatic carbocycles. The Kier molecular flexibility index (Phi) is 5.73. The van der Waals surface area contributed by atoms with Gasteiger partial charge in [-0.2, -0.15) is 5.10 Å². The topological polar surface area (TPSA) is 60.1 Å². The van der Waals surface area contributed by atoms with Crippen LogP contribution in [0.25, 0.3) is 21.8 Å². The molecule has 0 radical (unpaired) electrons. The van der Waals surface area contributed by atoms with Crippen LogP contribution in [0.5, 0.6) is 0 Å². The zero-order valence-corrected chi connectivity index (χ0v) is 20.7. The highest BCUT2D eigenvalue weighted by molar-refractivity contribution is 14.1. The molecule has 1 unspecified atom stereocenters. The third-order valence-electron chi connectivity index (χ3n) is 5.30. The third kappa shape index (κ3) is 3.84. The van der Waals surface area contributed by atoms with Gasteiger partial charge in [-0.05, 0) is 102 Å². The number of aryl methyl sites for hydroxylation is 1. The van der Waals surface area contributed by atoms with Gasteiger partial charge in [-0.3, -0.25) is 9.48 Å². The van der Waals surface area contributed by atoms with Gasteiger partial charge in [0.05, 0.1) is 30.5 Å². The minimum atomic E-state index is -0.634. The fourth-order valence-corrected chi connectivity index (χ4v) is 5.08. The molecule has 0 saturated heterocycles. The van der Waals surface area contributed by atoms with E-state index in [0.717, 1.165) is 16.7 Å². The Morgan fingerprint density at radius 3 is 2.07 bits per heavy atom. The van der Waals surface area contributed by atoms with E-state index in [2.05, 4.69) is 91.2 Å². The maximum atomic E-state index is 11.9. The number of Topliss-reactive ketones (excluding diaryl/α,β-unsaturated/α-hetero) is 1. The van der Waals surface area contributed by atoms with Gasteiger partial charge in [-0.1, -0.05) is 0 Å². The Morgan fingerprint density at radius 2 is 1.59 bits per heavy atom. The molecule has 1 atom stereocenters. The van der Waals surface area contributed by atoms with Gasteiger partial charge >= 0.3 is 0 Å². The molecule has 2 aromatic heterocycles. The number of carbonyl (C=O) groups excluding carboxylic acids is 1. The van der Waals surface area contributed by atoms with Gasteiger partial charge in [0.15, 0.2) is 5.78 Å². The minimum Gasteiger partial charge on any atom is -0.389 e. The lowest BCUT2D eigenvalue weighted by molar-refractivity contribution is 0.101. The molecule has 0 bridgehead atoms. The highest BCUT2D eigenvalue weighted by atomic mass is 127. The zero-order chi connectivity index (χ0) is 20.9. The second-order valence-corrected chi connectivity index (χ2v) is 9.86. The number of fused-ring (bicyclic) bond motifs is 3. The Labute approximate surface area is 196 Å². The first-order chi connectivity index (χ1) is 13.8. The van der Waals surface area contributed by atoms with Crippen molar-refractivity contribution in [3.05, 3.63) is 60.5 Å². The van der Waals surface area contributed by atoms with Gasteiger partial charge in [0.2, 0.25) is 0 Å². The lowest BCUT2D eigenvalue weighted by Gasteiger charge is -2.15. The van der Waals surface area contributed by atoms with Crippen LogP contribution in [-0.2, 0) is 13.1 Å². The number of ketones is 1. The number of nitrogens with zero attached hydrogens (tertiary/aromatic N) is 3. The zero-order valence-electron chi connectivity index (χ0n) is 16.4. The van der Waals surface area contributed by atoms with Gasteiger partial charge in [-0.25, -0.2) is 0 Å². The molecule has 2 heterocycles. The number of aliphatic hydroxyl groups excluding tert-OH is 1. The molecule has 29 heavy (non-hydrogen) atoms. The van der Waals surface area contributed by atoms with Crippen molar-refractivity contribution in [2.45, 2.75) is 40.0 Å². The van der Waals surface area contributed by atoms with E-state index in [-0.39, 0.29) is 5.78 Å². The maximum Gasteiger partial charge on any atom is 0.163 e. The summed E-state index contributed by atoms with van der Waals surface area (Å²) in [6.45, 7) is 6.07. The van der Waals surface area contributed by atoms with Crippen molar-refractivity contribution in [3.63, 3.8) is 0 Å². The number of rotatable bonds is 5. The molecule has 0 amide bonds. The molecule has 4 rings (SSSR count). The van der Waals surface area contributed by atoms with E-state index in [4.69, 9.17) is 0 Å². The van der Waals surface area contributed by atoms with Gasteiger partial charge in [-0.15, -0.1) is 0 Å². The highest BCUT2D eigenvalue weighted by Crippen LogP contribution is 2.31. The van der Waals surface area contributed by atoms with E-state index < -0.39 is 6.10 Å². The van der Waals surface area contributed by atoms with Crippen molar-refractivity contribution in [3.8, 4) is 0 Å². The highest BCUT2D eigenvalue weighted by Gasteiger charge is 2.19. The largest absolute Gasteiger partial charge is 0.389 e. The van der Waals surface area contributed by atoms with Crippen molar-refractivity contribution in [1.29, 1.82) is 0 Å². The number of benzene rings is 2. The lowest BCUT2D eigenvalue weighted by Crippen LogP contribution is -2.23. The van der Waals surface area contributed by atoms with Crippen molar-refractivity contribution >= 4 is 72.8 Å². The minimum absolute atomic E-state index is 0.00680. The predicted molar refractivity (Wildman–Crippen MR) is 133 cm³/mol. The summed E-state index contributed by atoms with van der Waals surface area (Å²) in [5.74, 6) is 0.00680. The third-order valence-corrected chi connectivity index (χ3v) is 6.64. The van der Waals surface area contributed by atoms with Gasteiger partial charge in [0.1, 0.15) is 0 Å². The van der Waals surface area contributed by atoms with Gasteiger partial charge in [0.25, 0.3) is 0 Å². The molecule has 0 aliphatic rings. The Hall–Kier alpha value is -1.46. The molecule has 0 fully saturated rings. The van der Waals surface area contributed by atoms with Crippen LogP contribution in [0.4, 0.5) is 0 Å². The predicted octanol–water partition coefficient (Wildman–Crippen LogP) is 5.08. The number of hydrogen-bond acceptors (Lipinski definition) is 3. The molecule has 150 valence electrons. The van der Waals surface area contributed by atoms with E-state index in [1.807, 2.05) is 13.8 Å². The van der Waals surface area contributed by atoms with Crippen LogP contribution in [0.2, 0.25) is 0 Å². The molecule has 0 saturated carbocycles. The van der Waals surface area contributed by atoms with Crippen molar-refractivity contribution in [2.75, 3.05) is 0 Å². The fraction of sp³-hybridized carbons (Fsp3) is 0.273. The van der Waals surface area contributed by atoms with E-state index in [0.29, 0.717) is 24.3 Å². The second kappa shape index (κ2) is 7.99. The molecule has 0 spiro atoms. The molecular weight excluding hydrogens is 592 g/mol. The molecule has 5 nitrogen and oxygen atoms in total. The monoisotopic (exact) mass is 613 g/mol. The summed E-state index contributed by atoms with van der Waals surface area (Å²) in [6, 6.07) is 12.8. The summed E-state index contributed by atoms with van der Waals surface area (Å²) in [5.41, 5.74) is 4.39. The summed E-state index contributed by atoms with van der Waals surface area (Å²) >= 11 is 4.67. The summed E-state index contributed by atoms with van der Waals surface area (Å²) in [6.07, 6.45) is -0.634. The average molecular weight is 613 g/mol. The summed E-state index contributed by atoms with van der Waals surface area (Å²) in [7, 11) is 0. The van der Waals surface area contributed by atoms with Crippen molar-refractivity contribution in [2.24, 2.45) is 0 Å². The van der Waals surface area contributed by atoms with Crippen LogP contribution >= 0.6 is 45.2 Å². The number of hydrogen-bond donors (Lipinski definition) is 1. The van der Waals surface area contributed by atoms with E-state index >= 15 is 0 Å². The number of halogens is 2. The number of aromatic nitrogens is 3. The average Bonchev–Trinajstić information content (AvgIpc) is 3.08. The van der Waals surface area contributed by atoms with E-state index in [1.165, 1.54) is 17.9 Å². The van der Waals surface area contributed by atoms with E-state index in [1.54, 1.807) is 11.6 Å². The summed E-state index contributed by atoms with van der Waals surface area (Å²) in [4.78, 5) is 11.9. The molecule has 0 aliphatic carbocycles. The van der Waals surface area contributed by atoms with Crippen LogP contribution < -0.4 is 0 Å². The molecule has 4 aromatic rings. The quantitative estimate of drug-likeness (QED) is 0.253. The summed E-state index contributed by atoms with van der Waals surface area (Å²) < 4.78 is 6.30. The van der Waals surface area contributed by atoms with Crippen LogP contribution in [0.1, 0.15) is 28.7 Å². The maximum absolute atomic E-state index is 11.9. The van der Waals surface area contributed by atoms with Gasteiger partial charge < -0.3 is 9.67 Å². The standard InChI is InChI=1S/C22H21I2N3O2/c1-12-22(14(3)28)13(2)27(25-12)11-17(29)10-26-20-6-4-15(23)8-18(20)19-9-16(24)5-7-21(19)26/h4-9,17,29H,10-11H2,1-3H3. The van der Waals surface area contributed by atoms with Crippen LogP contribution in [-0.4, -0.2) is 31.3 Å². The lowest BCUT2D eigenvalue weighted by atomic mass is 10.1. The molecule has 1 N–H and O–H groups in total. The second-order valence-electron chi connectivity index (χ2n) is 7.37. The number of carbonyl (C=O) groups is 1. The van der Waals surface area contributed by atoms with Crippen molar-refractivity contribution in [1.82, 2.24) is 14.3 Å². The molecule has 0 aliphatic heterocycles. The number of aliphatic hydroxyl groups is 1. The Bertz CT molecular complexity index is 1200. The summed E-state index contributed by atoms with van der Waals surface area (Å²) in [5, 5.41) is 17.8. The van der Waals surface area contributed by atoms with Crippen LogP contribution in [0.15, 0.2) is 36.4 Å². The Morgan fingerprint density at radius 1 is 1.03 bits per heavy atom. The van der Waals surface area contributed by atoms with E-state index in [9.17, 15) is 9.90 Å². The Balaban J connectivity index is 1.72.